The molecule has 1 aliphatic heterocycles. The van der Waals surface area contributed by atoms with Crippen molar-refractivity contribution in [1.29, 1.82) is 0 Å². The molecule has 1 atom stereocenters. The summed E-state index contributed by atoms with van der Waals surface area (Å²) in [6.07, 6.45) is 0.695. The number of carbonyl (C=O) groups is 3. The third kappa shape index (κ3) is 3.89. The van der Waals surface area contributed by atoms with E-state index in [0.717, 1.165) is 0 Å². The summed E-state index contributed by atoms with van der Waals surface area (Å²) >= 11 is 5.54. The van der Waals surface area contributed by atoms with Crippen molar-refractivity contribution in [2.24, 2.45) is 0 Å². The summed E-state index contributed by atoms with van der Waals surface area (Å²) in [6.45, 7) is 2.53. The first-order chi connectivity index (χ1) is 7.91. The van der Waals surface area contributed by atoms with Crippen LogP contribution in [0.5, 0.6) is 0 Å². The Kier molecular flexibility index (Phi) is 4.74. The molecule has 0 radical (unpaired) electrons. The summed E-state index contributed by atoms with van der Waals surface area (Å²) in [4.78, 5) is 37.4. The molecule has 1 fully saturated rings. The van der Waals surface area contributed by atoms with Gasteiger partial charge in [-0.2, -0.15) is 0 Å². The van der Waals surface area contributed by atoms with Crippen molar-refractivity contribution >= 4 is 29.4 Å². The van der Waals surface area contributed by atoms with Crippen molar-refractivity contribution in [1.82, 2.24) is 15.1 Å². The lowest BCUT2D eigenvalue weighted by atomic mass is 10.4. The monoisotopic (exact) mass is 261 g/mol. The van der Waals surface area contributed by atoms with Crippen LogP contribution >= 0.6 is 11.6 Å². The van der Waals surface area contributed by atoms with Gasteiger partial charge in [0.25, 0.3) is 0 Å². The van der Waals surface area contributed by atoms with Crippen LogP contribution in [0, 0.1) is 0 Å². The van der Waals surface area contributed by atoms with Gasteiger partial charge in [-0.1, -0.05) is 0 Å². The van der Waals surface area contributed by atoms with Gasteiger partial charge in [-0.15, -0.1) is 11.6 Å². The summed E-state index contributed by atoms with van der Waals surface area (Å²) in [7, 11) is 1.69. The van der Waals surface area contributed by atoms with E-state index < -0.39 is 17.3 Å². The largest absolute Gasteiger partial charge is 0.344 e. The zero-order chi connectivity index (χ0) is 13.0. The van der Waals surface area contributed by atoms with Crippen molar-refractivity contribution in [3.8, 4) is 0 Å². The number of rotatable bonds is 1. The highest BCUT2D eigenvalue weighted by molar-refractivity contribution is 6.31. The Morgan fingerprint density at radius 1 is 1.41 bits per heavy atom. The molecular formula is C10H16ClN3O3. The first-order valence-electron chi connectivity index (χ1n) is 5.39. The maximum absolute atomic E-state index is 11.7. The first-order valence-corrected chi connectivity index (χ1v) is 5.83. The van der Waals surface area contributed by atoms with Gasteiger partial charge in [0.05, 0.1) is 0 Å². The van der Waals surface area contributed by atoms with E-state index in [1.54, 1.807) is 11.9 Å². The lowest BCUT2D eigenvalue weighted by Gasteiger charge is -2.20. The molecule has 1 heterocycles. The van der Waals surface area contributed by atoms with Crippen LogP contribution in [0.25, 0.3) is 0 Å². The van der Waals surface area contributed by atoms with Crippen LogP contribution in [0.15, 0.2) is 0 Å². The molecule has 0 saturated carbocycles. The van der Waals surface area contributed by atoms with E-state index in [1.807, 2.05) is 0 Å². The fourth-order valence-corrected chi connectivity index (χ4v) is 1.50. The zero-order valence-electron chi connectivity index (χ0n) is 9.90. The Hall–Kier alpha value is -1.30. The number of likely N-dealkylation sites (N-methyl/N-ethyl adjacent to an activating group) is 1. The molecule has 96 valence electrons. The molecule has 1 N–H and O–H groups in total. The number of carbonyl (C=O) groups excluding carboxylic acids is 3. The normalized spacial score (nSPS) is 18.6. The lowest BCUT2D eigenvalue weighted by molar-refractivity contribution is -0.129. The number of imide groups is 1. The van der Waals surface area contributed by atoms with Gasteiger partial charge in [-0.05, 0) is 13.3 Å². The summed E-state index contributed by atoms with van der Waals surface area (Å²) < 4.78 is 0. The summed E-state index contributed by atoms with van der Waals surface area (Å²) in [5.74, 6) is -0.689. The third-order valence-corrected chi connectivity index (χ3v) is 2.75. The van der Waals surface area contributed by atoms with Crippen LogP contribution in [-0.2, 0) is 9.59 Å². The highest BCUT2D eigenvalue weighted by Gasteiger charge is 2.24. The first kappa shape index (κ1) is 13.8. The molecule has 7 heteroatoms. The number of alkyl halides is 1. The fourth-order valence-electron chi connectivity index (χ4n) is 1.44. The quantitative estimate of drug-likeness (QED) is 0.676. The molecule has 4 amide bonds. The fraction of sp³-hybridized carbons (Fsp3) is 0.700. The molecule has 0 bridgehead atoms. The molecule has 1 saturated heterocycles. The Bertz CT molecular complexity index is 333. The van der Waals surface area contributed by atoms with E-state index in [9.17, 15) is 14.4 Å². The number of hydrogen-bond acceptors (Lipinski definition) is 3. The van der Waals surface area contributed by atoms with Gasteiger partial charge in [0.15, 0.2) is 0 Å². The van der Waals surface area contributed by atoms with E-state index >= 15 is 0 Å². The predicted octanol–water partition coefficient (Wildman–Crippen LogP) is 0.0140. The van der Waals surface area contributed by atoms with Gasteiger partial charge in [0, 0.05) is 20.1 Å². The number of amides is 4. The van der Waals surface area contributed by atoms with Crippen molar-refractivity contribution < 1.29 is 14.4 Å². The second-order valence-electron chi connectivity index (χ2n) is 4.00. The van der Waals surface area contributed by atoms with Crippen LogP contribution in [0.3, 0.4) is 0 Å². The Balaban J connectivity index is 2.57. The molecule has 17 heavy (non-hydrogen) atoms. The number of halogens is 1. The van der Waals surface area contributed by atoms with Crippen LogP contribution in [0.4, 0.5) is 4.79 Å². The number of nitrogens with one attached hydrogen (secondary N) is 1. The third-order valence-electron chi connectivity index (χ3n) is 2.55. The number of urea groups is 1. The van der Waals surface area contributed by atoms with Crippen LogP contribution < -0.4 is 5.32 Å². The van der Waals surface area contributed by atoms with Crippen molar-refractivity contribution in [3.63, 3.8) is 0 Å². The van der Waals surface area contributed by atoms with Gasteiger partial charge in [-0.3, -0.25) is 14.9 Å². The summed E-state index contributed by atoms with van der Waals surface area (Å²) in [5, 5.41) is 1.38. The SMILES string of the molecule is CC(Cl)C(=O)NC(=O)N1CCCN(C)C(=O)C1. The van der Waals surface area contributed by atoms with Gasteiger partial charge in [-0.25, -0.2) is 4.79 Å². The lowest BCUT2D eigenvalue weighted by Crippen LogP contribution is -2.47. The summed E-state index contributed by atoms with van der Waals surface area (Å²) in [5.41, 5.74) is 0. The van der Waals surface area contributed by atoms with Gasteiger partial charge in [0.2, 0.25) is 11.8 Å². The maximum atomic E-state index is 11.7. The average molecular weight is 262 g/mol. The second kappa shape index (κ2) is 5.86. The molecule has 0 aromatic heterocycles. The van der Waals surface area contributed by atoms with Gasteiger partial charge in [0.1, 0.15) is 11.9 Å². The molecule has 1 unspecified atom stereocenters. The van der Waals surface area contributed by atoms with E-state index in [2.05, 4.69) is 5.32 Å². The predicted molar refractivity (Wildman–Crippen MR) is 62.7 cm³/mol. The topological polar surface area (TPSA) is 69.7 Å². The highest BCUT2D eigenvalue weighted by atomic mass is 35.5. The molecular weight excluding hydrogens is 246 g/mol. The van der Waals surface area contributed by atoms with E-state index in [0.29, 0.717) is 19.5 Å². The second-order valence-corrected chi connectivity index (χ2v) is 4.66. The minimum atomic E-state index is -0.774. The van der Waals surface area contributed by atoms with Crippen LogP contribution in [0.2, 0.25) is 0 Å². The van der Waals surface area contributed by atoms with Gasteiger partial charge < -0.3 is 9.80 Å². The van der Waals surface area contributed by atoms with E-state index in [-0.39, 0.29) is 12.5 Å². The minimum absolute atomic E-state index is 0.00766. The minimum Gasteiger partial charge on any atom is -0.344 e. The highest BCUT2D eigenvalue weighted by Crippen LogP contribution is 2.03. The van der Waals surface area contributed by atoms with Gasteiger partial charge >= 0.3 is 6.03 Å². The van der Waals surface area contributed by atoms with Crippen molar-refractivity contribution in [2.75, 3.05) is 26.7 Å². The summed E-state index contributed by atoms with van der Waals surface area (Å²) in [6, 6.07) is -0.564. The van der Waals surface area contributed by atoms with Crippen LogP contribution in [-0.4, -0.2) is 59.7 Å². The molecule has 6 nitrogen and oxygen atoms in total. The Morgan fingerprint density at radius 2 is 2.06 bits per heavy atom. The molecule has 0 aromatic rings. The van der Waals surface area contributed by atoms with Crippen LogP contribution in [0.1, 0.15) is 13.3 Å². The smallest absolute Gasteiger partial charge is 0.324 e. The molecule has 0 spiro atoms. The number of hydrogen-bond donors (Lipinski definition) is 1. The maximum Gasteiger partial charge on any atom is 0.324 e. The zero-order valence-corrected chi connectivity index (χ0v) is 10.7. The van der Waals surface area contributed by atoms with Crippen molar-refractivity contribution in [2.45, 2.75) is 18.7 Å². The Morgan fingerprint density at radius 3 is 2.65 bits per heavy atom. The van der Waals surface area contributed by atoms with Crippen molar-refractivity contribution in [3.05, 3.63) is 0 Å². The Labute approximate surface area is 105 Å². The molecule has 1 aliphatic rings. The molecule has 0 aromatic carbocycles. The van der Waals surface area contributed by atoms with E-state index in [4.69, 9.17) is 11.6 Å². The molecule has 1 rings (SSSR count). The van der Waals surface area contributed by atoms with E-state index in [1.165, 1.54) is 11.8 Å². The standard InChI is InChI=1S/C10H16ClN3O3/c1-7(11)9(16)12-10(17)14-5-3-4-13(2)8(15)6-14/h7H,3-6H2,1-2H3,(H,12,16,17). The number of nitrogens with zero attached hydrogens (tertiary/aromatic N) is 2. The average Bonchev–Trinajstić information content (AvgIpc) is 2.41. The molecule has 0 aliphatic carbocycles.